The number of carbonyl (C=O) groups is 2. The van der Waals surface area contributed by atoms with Gasteiger partial charge in [0, 0.05) is 5.69 Å². The number of aromatic nitrogens is 1. The molecule has 8 nitrogen and oxygen atoms in total. The topological polar surface area (TPSA) is 110 Å². The fraction of sp³-hybridized carbons (Fsp3) is 0.103. The van der Waals surface area contributed by atoms with Crippen LogP contribution < -0.4 is 24.9 Å². The summed E-state index contributed by atoms with van der Waals surface area (Å²) < 4.78 is 20.8. The highest BCUT2D eigenvalue weighted by Gasteiger charge is 2.32. The third-order valence-corrected chi connectivity index (χ3v) is 7.01. The molecule has 1 aliphatic rings. The second kappa shape index (κ2) is 10.9. The number of halogens is 1. The van der Waals surface area contributed by atoms with Crippen LogP contribution in [0.1, 0.15) is 24.1 Å². The second-order valence-electron chi connectivity index (χ2n) is 8.70. The molecule has 39 heavy (non-hydrogen) atoms. The van der Waals surface area contributed by atoms with E-state index in [1.165, 1.54) is 28.0 Å². The molecule has 10 heteroatoms. The number of hydrogen-bond donors (Lipinski definition) is 2. The molecule has 0 bridgehead atoms. The largest absolute Gasteiger partial charge is 0.482 e. The number of rotatable bonds is 7. The molecule has 0 radical (unpaired) electrons. The summed E-state index contributed by atoms with van der Waals surface area (Å²) in [5.74, 6) is -1.54. The highest BCUT2D eigenvalue weighted by Crippen LogP contribution is 2.31. The summed E-state index contributed by atoms with van der Waals surface area (Å²) in [5.41, 5.74) is 2.23. The summed E-state index contributed by atoms with van der Waals surface area (Å²) >= 11 is 1.18. The van der Waals surface area contributed by atoms with Gasteiger partial charge in [-0.25, -0.2) is 14.2 Å². The molecular formula is C29H22FN3O5S. The lowest BCUT2D eigenvalue weighted by atomic mass is 9.95. The van der Waals surface area contributed by atoms with Crippen molar-refractivity contribution in [2.75, 3.05) is 11.9 Å². The smallest absolute Gasteiger partial charge is 0.341 e. The quantitative estimate of drug-likeness (QED) is 0.371. The van der Waals surface area contributed by atoms with Crippen LogP contribution in [0.5, 0.6) is 5.75 Å². The van der Waals surface area contributed by atoms with Gasteiger partial charge in [0.15, 0.2) is 11.4 Å². The Morgan fingerprint density at radius 1 is 1.08 bits per heavy atom. The number of ether oxygens (including phenoxy) is 1. The third-order valence-electron chi connectivity index (χ3n) is 6.02. The first-order valence-electron chi connectivity index (χ1n) is 11.9. The highest BCUT2D eigenvalue weighted by molar-refractivity contribution is 7.07. The summed E-state index contributed by atoms with van der Waals surface area (Å²) in [7, 11) is 0. The van der Waals surface area contributed by atoms with E-state index < -0.39 is 30.3 Å². The van der Waals surface area contributed by atoms with Crippen molar-refractivity contribution in [2.45, 2.75) is 13.0 Å². The lowest BCUT2D eigenvalue weighted by Gasteiger charge is -2.25. The number of thiazole rings is 1. The summed E-state index contributed by atoms with van der Waals surface area (Å²) in [4.78, 5) is 42.9. The number of hydrogen-bond acceptors (Lipinski definition) is 6. The minimum atomic E-state index is -1.08. The second-order valence-corrected chi connectivity index (χ2v) is 9.71. The maximum Gasteiger partial charge on any atom is 0.341 e. The number of fused-ring (bicyclic) bond motifs is 1. The Bertz CT molecular complexity index is 1760. The van der Waals surface area contributed by atoms with E-state index in [1.807, 2.05) is 6.07 Å². The molecule has 5 rings (SSSR count). The van der Waals surface area contributed by atoms with E-state index >= 15 is 0 Å². The number of carbonyl (C=O) groups excluding carboxylic acids is 1. The molecule has 0 saturated carbocycles. The molecule has 0 spiro atoms. The van der Waals surface area contributed by atoms with Crippen molar-refractivity contribution in [1.29, 1.82) is 0 Å². The van der Waals surface area contributed by atoms with Crippen molar-refractivity contribution in [1.82, 2.24) is 4.57 Å². The first kappa shape index (κ1) is 25.8. The van der Waals surface area contributed by atoms with E-state index in [1.54, 1.807) is 73.7 Å². The lowest BCUT2D eigenvalue weighted by molar-refractivity contribution is -0.139. The number of aliphatic carboxylic acids is 1. The zero-order valence-electron chi connectivity index (χ0n) is 20.6. The van der Waals surface area contributed by atoms with Gasteiger partial charge >= 0.3 is 5.97 Å². The predicted molar refractivity (Wildman–Crippen MR) is 145 cm³/mol. The van der Waals surface area contributed by atoms with Crippen LogP contribution in [0, 0.1) is 5.82 Å². The molecule has 0 saturated heterocycles. The number of carboxylic acid groups (broad SMARTS) is 1. The molecule has 0 aliphatic carbocycles. The van der Waals surface area contributed by atoms with Gasteiger partial charge in [-0.05, 0) is 60.5 Å². The number of allylic oxidation sites excluding steroid dienone is 1. The fourth-order valence-electron chi connectivity index (χ4n) is 4.25. The Kier molecular flexibility index (Phi) is 7.20. The number of carboxylic acids is 1. The van der Waals surface area contributed by atoms with Crippen molar-refractivity contribution >= 4 is 35.0 Å². The van der Waals surface area contributed by atoms with Crippen LogP contribution in [0.15, 0.2) is 99.9 Å². The molecule has 1 amide bonds. The van der Waals surface area contributed by atoms with Gasteiger partial charge in [0.05, 0.1) is 21.8 Å². The first-order chi connectivity index (χ1) is 18.8. The van der Waals surface area contributed by atoms with Crippen LogP contribution in [0.25, 0.3) is 6.08 Å². The predicted octanol–water partition coefficient (Wildman–Crippen LogP) is 3.48. The van der Waals surface area contributed by atoms with Gasteiger partial charge in [-0.3, -0.25) is 14.2 Å². The highest BCUT2D eigenvalue weighted by atomic mass is 32.1. The Hall–Kier alpha value is -4.83. The molecule has 1 aliphatic heterocycles. The first-order valence-corrected chi connectivity index (χ1v) is 12.7. The maximum absolute atomic E-state index is 13.8. The van der Waals surface area contributed by atoms with E-state index in [0.29, 0.717) is 37.6 Å². The average Bonchev–Trinajstić information content (AvgIpc) is 3.22. The molecule has 2 N–H and O–H groups in total. The van der Waals surface area contributed by atoms with Crippen LogP contribution in [0.2, 0.25) is 0 Å². The molecule has 4 aromatic rings. The van der Waals surface area contributed by atoms with Crippen LogP contribution in [-0.4, -0.2) is 28.2 Å². The zero-order chi connectivity index (χ0) is 27.5. The Labute approximate surface area is 225 Å². The van der Waals surface area contributed by atoms with Crippen LogP contribution in [-0.2, 0) is 9.59 Å². The van der Waals surface area contributed by atoms with Crippen molar-refractivity contribution in [2.24, 2.45) is 4.99 Å². The molecule has 0 unspecified atom stereocenters. The Balaban J connectivity index is 1.58. The monoisotopic (exact) mass is 543 g/mol. The molecular weight excluding hydrogens is 521 g/mol. The maximum atomic E-state index is 13.8. The molecule has 2 heterocycles. The van der Waals surface area contributed by atoms with Crippen LogP contribution >= 0.6 is 11.3 Å². The van der Waals surface area contributed by atoms with Crippen molar-refractivity contribution < 1.29 is 23.8 Å². The average molecular weight is 544 g/mol. The third kappa shape index (κ3) is 5.55. The van der Waals surface area contributed by atoms with Crippen LogP contribution in [0.3, 0.4) is 0 Å². The van der Waals surface area contributed by atoms with Gasteiger partial charge in [0.2, 0.25) is 0 Å². The minimum absolute atomic E-state index is 0.282. The number of nitrogens with zero attached hydrogens (tertiary/aromatic N) is 2. The number of anilines is 1. The van der Waals surface area contributed by atoms with Gasteiger partial charge in [-0.2, -0.15) is 0 Å². The number of amides is 1. The zero-order valence-corrected chi connectivity index (χ0v) is 21.4. The van der Waals surface area contributed by atoms with Crippen molar-refractivity contribution in [3.63, 3.8) is 0 Å². The molecule has 1 aromatic heterocycles. The standard InChI is InChI=1S/C29H22FN3O5S/c1-17-25(27(36)32-21-5-3-2-4-6-21)26(19-9-11-20(30)12-10-19)33-28(37)23(39-29(33)31-17)15-18-7-13-22(14-8-18)38-16-24(34)35/h2-15,26H,16H2,1H3,(H,32,36)(H,34,35)/b23-15-/t26-/m0/s1. The van der Waals surface area contributed by atoms with E-state index in [9.17, 15) is 18.8 Å². The minimum Gasteiger partial charge on any atom is -0.482 e. The van der Waals surface area contributed by atoms with Gasteiger partial charge in [-0.15, -0.1) is 0 Å². The van der Waals surface area contributed by atoms with Gasteiger partial charge in [0.25, 0.3) is 11.5 Å². The molecule has 0 fully saturated rings. The van der Waals surface area contributed by atoms with Gasteiger partial charge < -0.3 is 15.2 Å². The lowest BCUT2D eigenvalue weighted by Crippen LogP contribution is -2.40. The summed E-state index contributed by atoms with van der Waals surface area (Å²) in [5, 5.41) is 11.6. The normalized spacial score (nSPS) is 14.9. The van der Waals surface area contributed by atoms with Gasteiger partial charge in [-0.1, -0.05) is 53.8 Å². The molecule has 1 atom stereocenters. The van der Waals surface area contributed by atoms with E-state index in [0.717, 1.165) is 0 Å². The van der Waals surface area contributed by atoms with E-state index in [-0.39, 0.29) is 11.1 Å². The van der Waals surface area contributed by atoms with E-state index in [4.69, 9.17) is 9.84 Å². The van der Waals surface area contributed by atoms with Crippen molar-refractivity contribution in [3.8, 4) is 5.75 Å². The summed E-state index contributed by atoms with van der Waals surface area (Å²) in [6.45, 7) is 1.25. The number of nitrogens with one attached hydrogen (secondary N) is 1. The number of benzene rings is 3. The summed E-state index contributed by atoms with van der Waals surface area (Å²) in [6.07, 6.45) is 1.69. The number of para-hydroxylation sites is 1. The van der Waals surface area contributed by atoms with Crippen molar-refractivity contribution in [3.05, 3.63) is 127 Å². The Morgan fingerprint density at radius 2 is 1.77 bits per heavy atom. The SMILES string of the molecule is CC1=C(C(=O)Nc2ccccc2)[C@H](c2ccc(F)cc2)n2c(s/c(=C\c3ccc(OCC(=O)O)cc3)c2=O)=N1. The summed E-state index contributed by atoms with van der Waals surface area (Å²) in [6, 6.07) is 20.5. The van der Waals surface area contributed by atoms with Gasteiger partial charge in [0.1, 0.15) is 11.6 Å². The van der Waals surface area contributed by atoms with E-state index in [2.05, 4.69) is 10.3 Å². The Morgan fingerprint density at radius 3 is 2.44 bits per heavy atom. The molecule has 196 valence electrons. The van der Waals surface area contributed by atoms with Crippen LogP contribution in [0.4, 0.5) is 10.1 Å². The molecule has 3 aromatic carbocycles. The fourth-order valence-corrected chi connectivity index (χ4v) is 5.30.